The van der Waals surface area contributed by atoms with Crippen molar-refractivity contribution in [3.05, 3.63) is 94.9 Å². The van der Waals surface area contributed by atoms with Gasteiger partial charge in [0.2, 0.25) is 0 Å². The fraction of sp³-hybridized carbons (Fsp3) is 0.0833. The molecule has 0 atom stereocenters. The van der Waals surface area contributed by atoms with Gasteiger partial charge in [0, 0.05) is 36.9 Å². The number of nitrogens with zero attached hydrogens (tertiary/aromatic N) is 2. The second kappa shape index (κ2) is 8.44. The van der Waals surface area contributed by atoms with E-state index in [1.165, 1.54) is 11.6 Å². The number of hydrogen-bond donors (Lipinski definition) is 3. The highest BCUT2D eigenvalue weighted by atomic mass is 16.3. The second-order valence-electron chi connectivity index (χ2n) is 6.80. The third-order valence-corrected chi connectivity index (χ3v) is 4.71. The van der Waals surface area contributed by atoms with Gasteiger partial charge in [0.1, 0.15) is 0 Å². The summed E-state index contributed by atoms with van der Waals surface area (Å²) < 4.78 is 0. The number of phenols is 2. The minimum Gasteiger partial charge on any atom is -0.504 e. The van der Waals surface area contributed by atoms with E-state index in [2.05, 4.69) is 45.6 Å². The van der Waals surface area contributed by atoms with Crippen LogP contribution >= 0.6 is 0 Å². The van der Waals surface area contributed by atoms with Crippen LogP contribution in [0.5, 0.6) is 11.5 Å². The van der Waals surface area contributed by atoms with Gasteiger partial charge in [0.15, 0.2) is 11.5 Å². The molecule has 0 saturated carbocycles. The number of pyridine rings is 1. The topological polar surface area (TPSA) is 77.7 Å². The van der Waals surface area contributed by atoms with Crippen LogP contribution in [0.2, 0.25) is 0 Å². The van der Waals surface area contributed by atoms with Crippen molar-refractivity contribution in [2.75, 3.05) is 0 Å². The minimum atomic E-state index is -0.118. The van der Waals surface area contributed by atoms with E-state index < -0.39 is 0 Å². The second-order valence-corrected chi connectivity index (χ2v) is 6.80. The molecule has 1 aliphatic heterocycles. The SMILES string of the molecule is Oc1ccc(CNC=C2C=NCc3ccc(C=Cc4ccncc4)cc32)cc1O. The Hall–Kier alpha value is -3.86. The van der Waals surface area contributed by atoms with E-state index in [1.54, 1.807) is 24.5 Å². The van der Waals surface area contributed by atoms with Crippen LogP contribution < -0.4 is 5.32 Å². The molecule has 2 heterocycles. The Morgan fingerprint density at radius 1 is 0.897 bits per heavy atom. The van der Waals surface area contributed by atoms with Gasteiger partial charge in [-0.3, -0.25) is 9.98 Å². The van der Waals surface area contributed by atoms with E-state index in [9.17, 15) is 10.2 Å². The highest BCUT2D eigenvalue weighted by Gasteiger charge is 2.11. The third kappa shape index (κ3) is 4.52. The lowest BCUT2D eigenvalue weighted by molar-refractivity contribution is 0.403. The molecule has 3 N–H and O–H groups in total. The number of rotatable bonds is 5. The molecule has 29 heavy (non-hydrogen) atoms. The Morgan fingerprint density at radius 3 is 2.55 bits per heavy atom. The summed E-state index contributed by atoms with van der Waals surface area (Å²) in [5.74, 6) is -0.236. The highest BCUT2D eigenvalue weighted by Crippen LogP contribution is 2.26. The minimum absolute atomic E-state index is 0.118. The zero-order valence-corrected chi connectivity index (χ0v) is 15.8. The number of fused-ring (bicyclic) bond motifs is 1. The van der Waals surface area contributed by atoms with E-state index in [-0.39, 0.29) is 11.5 Å². The van der Waals surface area contributed by atoms with Crippen molar-refractivity contribution in [2.45, 2.75) is 13.1 Å². The quantitative estimate of drug-likeness (QED) is 0.572. The standard InChI is InChI=1S/C24H21N3O2/c28-23-6-4-19(12-24(23)29)13-26-15-21-16-27-14-20-5-3-18(11-22(20)21)2-1-17-7-9-25-10-8-17/h1-12,15-16,26,28-29H,13-14H2. The van der Waals surface area contributed by atoms with Crippen molar-refractivity contribution < 1.29 is 10.2 Å². The van der Waals surface area contributed by atoms with Crippen molar-refractivity contribution >= 4 is 23.9 Å². The summed E-state index contributed by atoms with van der Waals surface area (Å²) in [6.45, 7) is 1.20. The summed E-state index contributed by atoms with van der Waals surface area (Å²) in [6, 6.07) is 15.1. The van der Waals surface area contributed by atoms with E-state index in [0.29, 0.717) is 13.1 Å². The summed E-state index contributed by atoms with van der Waals surface area (Å²) in [5, 5.41) is 22.3. The van der Waals surface area contributed by atoms with Gasteiger partial charge < -0.3 is 15.5 Å². The largest absolute Gasteiger partial charge is 0.504 e. The van der Waals surface area contributed by atoms with E-state index in [4.69, 9.17) is 0 Å². The maximum Gasteiger partial charge on any atom is 0.157 e. The van der Waals surface area contributed by atoms with Crippen LogP contribution in [0, 0.1) is 0 Å². The maximum atomic E-state index is 9.62. The predicted molar refractivity (Wildman–Crippen MR) is 116 cm³/mol. The molecule has 2 aromatic carbocycles. The highest BCUT2D eigenvalue weighted by molar-refractivity contribution is 6.11. The number of phenolic OH excluding ortho intramolecular Hbond substituents is 2. The van der Waals surface area contributed by atoms with Crippen LogP contribution in [-0.2, 0) is 13.1 Å². The number of nitrogens with one attached hydrogen (secondary N) is 1. The zero-order chi connectivity index (χ0) is 20.1. The van der Waals surface area contributed by atoms with Crippen LogP contribution in [0.4, 0.5) is 0 Å². The summed E-state index contributed by atoms with van der Waals surface area (Å²) in [7, 11) is 0. The fourth-order valence-corrected chi connectivity index (χ4v) is 3.16. The number of benzene rings is 2. The predicted octanol–water partition coefficient (Wildman–Crippen LogP) is 4.38. The van der Waals surface area contributed by atoms with Crippen molar-refractivity contribution in [1.29, 1.82) is 0 Å². The number of hydrogen-bond acceptors (Lipinski definition) is 5. The first kappa shape index (κ1) is 18.5. The lowest BCUT2D eigenvalue weighted by Crippen LogP contribution is -2.09. The first-order valence-corrected chi connectivity index (χ1v) is 9.35. The molecule has 5 nitrogen and oxygen atoms in total. The summed E-state index contributed by atoms with van der Waals surface area (Å²) in [4.78, 5) is 8.48. The molecule has 1 aromatic heterocycles. The monoisotopic (exact) mass is 383 g/mol. The third-order valence-electron chi connectivity index (χ3n) is 4.71. The number of aromatic hydroxyl groups is 2. The molecule has 3 aromatic rings. The molecule has 0 aliphatic carbocycles. The lowest BCUT2D eigenvalue weighted by Gasteiger charge is -2.15. The first-order valence-electron chi connectivity index (χ1n) is 9.35. The van der Waals surface area contributed by atoms with Crippen LogP contribution in [0.25, 0.3) is 17.7 Å². The number of aromatic nitrogens is 1. The smallest absolute Gasteiger partial charge is 0.157 e. The van der Waals surface area contributed by atoms with Gasteiger partial charge in [-0.2, -0.15) is 0 Å². The summed E-state index contributed by atoms with van der Waals surface area (Å²) in [5.41, 5.74) is 6.44. The Kier molecular flexibility index (Phi) is 5.38. The molecule has 5 heteroatoms. The molecule has 0 amide bonds. The molecule has 0 fully saturated rings. The normalized spacial score (nSPS) is 14.3. The van der Waals surface area contributed by atoms with Crippen LogP contribution in [0.3, 0.4) is 0 Å². The van der Waals surface area contributed by atoms with Crippen LogP contribution in [0.1, 0.15) is 27.8 Å². The average molecular weight is 383 g/mol. The molecule has 1 aliphatic rings. The molecular formula is C24H21N3O2. The van der Waals surface area contributed by atoms with Gasteiger partial charge in [-0.1, -0.05) is 30.4 Å². The average Bonchev–Trinajstić information content (AvgIpc) is 2.75. The van der Waals surface area contributed by atoms with Gasteiger partial charge in [0.05, 0.1) is 6.54 Å². The van der Waals surface area contributed by atoms with E-state index in [1.807, 2.05) is 24.5 Å². The molecule has 144 valence electrons. The van der Waals surface area contributed by atoms with Crippen molar-refractivity contribution in [1.82, 2.24) is 10.3 Å². The van der Waals surface area contributed by atoms with Crippen molar-refractivity contribution in [2.24, 2.45) is 4.99 Å². The Bertz CT molecular complexity index is 1100. The fourth-order valence-electron chi connectivity index (χ4n) is 3.16. The van der Waals surface area contributed by atoms with E-state index in [0.717, 1.165) is 27.8 Å². The Morgan fingerprint density at radius 2 is 1.72 bits per heavy atom. The van der Waals surface area contributed by atoms with Gasteiger partial charge in [-0.05, 0) is 58.1 Å². The maximum absolute atomic E-state index is 9.62. The lowest BCUT2D eigenvalue weighted by atomic mass is 9.96. The molecule has 0 unspecified atom stereocenters. The summed E-state index contributed by atoms with van der Waals surface area (Å²) in [6.07, 6.45) is 11.5. The van der Waals surface area contributed by atoms with Gasteiger partial charge >= 0.3 is 0 Å². The number of allylic oxidation sites excluding steroid dienone is 1. The van der Waals surface area contributed by atoms with Crippen molar-refractivity contribution in [3.63, 3.8) is 0 Å². The van der Waals surface area contributed by atoms with Gasteiger partial charge in [-0.25, -0.2) is 0 Å². The molecule has 0 saturated heterocycles. The van der Waals surface area contributed by atoms with Crippen molar-refractivity contribution in [3.8, 4) is 11.5 Å². The Balaban J connectivity index is 1.51. The van der Waals surface area contributed by atoms with E-state index >= 15 is 0 Å². The molecule has 0 bridgehead atoms. The number of aliphatic imine (C=N–C) groups is 1. The molecule has 0 radical (unpaired) electrons. The molecule has 4 rings (SSSR count). The first-order chi connectivity index (χ1) is 14.2. The molecule has 0 spiro atoms. The van der Waals surface area contributed by atoms with Crippen LogP contribution in [0.15, 0.2) is 72.1 Å². The Labute approximate surface area is 169 Å². The van der Waals surface area contributed by atoms with Crippen LogP contribution in [-0.4, -0.2) is 21.4 Å². The zero-order valence-electron chi connectivity index (χ0n) is 15.8. The molecular weight excluding hydrogens is 362 g/mol. The summed E-state index contributed by atoms with van der Waals surface area (Å²) >= 11 is 0. The van der Waals surface area contributed by atoms with Gasteiger partial charge in [0.25, 0.3) is 0 Å². The van der Waals surface area contributed by atoms with Gasteiger partial charge in [-0.15, -0.1) is 0 Å².